The molecule has 1 aliphatic heterocycles. The Morgan fingerprint density at radius 2 is 2.03 bits per heavy atom. The normalized spacial score (nSPS) is 17.1. The molecule has 3 aromatic heterocycles. The molecule has 5 rings (SSSR count). The molecule has 0 bridgehead atoms. The molecule has 4 heterocycles. The standard InChI is InChI=1S/C27H25ClN6O2S/c1-17-8-11-23(30-15-17)33-13-5-7-22(33)26-25(21-6-3-4-12-29-21)32-27(37)34(26)18-9-10-20(19(28)14-18)31-24(35)16-36-2/h3-15,25-26H,16H2,1-2H3,(H,31,35)(H,32,37)/t25-,26+/m0/s1. The van der Waals surface area contributed by atoms with E-state index in [-0.39, 0.29) is 24.6 Å². The lowest BCUT2D eigenvalue weighted by atomic mass is 10.0. The number of ether oxygens (including phenoxy) is 1. The smallest absolute Gasteiger partial charge is 0.250 e. The number of halogens is 1. The Labute approximate surface area is 225 Å². The van der Waals surface area contributed by atoms with E-state index in [1.54, 1.807) is 18.3 Å². The van der Waals surface area contributed by atoms with E-state index in [1.807, 2.05) is 66.7 Å². The van der Waals surface area contributed by atoms with Gasteiger partial charge < -0.3 is 24.8 Å². The fourth-order valence-corrected chi connectivity index (χ4v) is 5.02. The van der Waals surface area contributed by atoms with Crippen molar-refractivity contribution in [3.63, 3.8) is 0 Å². The molecule has 1 aromatic carbocycles. The molecule has 1 fully saturated rings. The summed E-state index contributed by atoms with van der Waals surface area (Å²) in [5, 5.41) is 7.15. The lowest BCUT2D eigenvalue weighted by Gasteiger charge is -2.29. The van der Waals surface area contributed by atoms with Gasteiger partial charge in [0.2, 0.25) is 5.91 Å². The Kier molecular flexibility index (Phi) is 7.18. The van der Waals surface area contributed by atoms with Crippen molar-refractivity contribution in [3.05, 3.63) is 101 Å². The minimum Gasteiger partial charge on any atom is -0.375 e. The number of carbonyl (C=O) groups is 1. The first-order valence-corrected chi connectivity index (χ1v) is 12.4. The molecule has 0 unspecified atom stereocenters. The number of nitrogens with zero attached hydrogens (tertiary/aromatic N) is 4. The maximum Gasteiger partial charge on any atom is 0.250 e. The zero-order chi connectivity index (χ0) is 25.9. The molecular formula is C27H25ClN6O2S. The lowest BCUT2D eigenvalue weighted by molar-refractivity contribution is -0.119. The van der Waals surface area contributed by atoms with Crippen LogP contribution in [0.25, 0.3) is 5.82 Å². The van der Waals surface area contributed by atoms with Crippen LogP contribution in [0.4, 0.5) is 11.4 Å². The highest BCUT2D eigenvalue weighted by Crippen LogP contribution is 2.43. The van der Waals surface area contributed by atoms with E-state index >= 15 is 0 Å². The molecule has 0 radical (unpaired) electrons. The molecule has 1 amide bonds. The van der Waals surface area contributed by atoms with Gasteiger partial charge in [0, 0.05) is 37.1 Å². The van der Waals surface area contributed by atoms with Crippen LogP contribution >= 0.6 is 23.8 Å². The molecule has 37 heavy (non-hydrogen) atoms. The Morgan fingerprint density at radius 3 is 2.73 bits per heavy atom. The number of hydrogen-bond donors (Lipinski definition) is 2. The number of nitrogens with one attached hydrogen (secondary N) is 2. The van der Waals surface area contributed by atoms with E-state index < -0.39 is 0 Å². The topological polar surface area (TPSA) is 84.3 Å². The molecule has 4 aromatic rings. The van der Waals surface area contributed by atoms with E-state index in [0.717, 1.165) is 28.5 Å². The summed E-state index contributed by atoms with van der Waals surface area (Å²) in [5.41, 5.74) is 4.20. The molecule has 10 heteroatoms. The van der Waals surface area contributed by atoms with Crippen LogP contribution in [0.5, 0.6) is 0 Å². The predicted octanol–water partition coefficient (Wildman–Crippen LogP) is 4.99. The van der Waals surface area contributed by atoms with Gasteiger partial charge in [-0.15, -0.1) is 0 Å². The van der Waals surface area contributed by atoms with Crippen LogP contribution in [0, 0.1) is 6.92 Å². The summed E-state index contributed by atoms with van der Waals surface area (Å²) in [7, 11) is 1.46. The first-order valence-electron chi connectivity index (χ1n) is 11.7. The van der Waals surface area contributed by atoms with Crippen LogP contribution in [-0.4, -0.2) is 39.3 Å². The zero-order valence-corrected chi connectivity index (χ0v) is 21.8. The largest absolute Gasteiger partial charge is 0.375 e. The van der Waals surface area contributed by atoms with Gasteiger partial charge in [0.15, 0.2) is 5.11 Å². The number of pyridine rings is 2. The molecule has 2 atom stereocenters. The number of rotatable bonds is 7. The molecule has 0 saturated carbocycles. The van der Waals surface area contributed by atoms with Crippen molar-refractivity contribution in [3.8, 4) is 5.82 Å². The summed E-state index contributed by atoms with van der Waals surface area (Å²) in [5.74, 6) is 0.518. The highest BCUT2D eigenvalue weighted by Gasteiger charge is 2.42. The average molecular weight is 533 g/mol. The van der Waals surface area contributed by atoms with Crippen molar-refractivity contribution in [2.45, 2.75) is 19.0 Å². The molecule has 1 aliphatic rings. The summed E-state index contributed by atoms with van der Waals surface area (Å²) >= 11 is 12.4. The summed E-state index contributed by atoms with van der Waals surface area (Å²) in [6.07, 6.45) is 5.61. The molecule has 8 nitrogen and oxygen atoms in total. The van der Waals surface area contributed by atoms with Gasteiger partial charge in [-0.05, 0) is 73.2 Å². The highest BCUT2D eigenvalue weighted by molar-refractivity contribution is 7.80. The summed E-state index contributed by atoms with van der Waals surface area (Å²) in [4.78, 5) is 23.3. The van der Waals surface area contributed by atoms with E-state index in [4.69, 9.17) is 28.6 Å². The second-order valence-corrected chi connectivity index (χ2v) is 9.43. The molecular weight excluding hydrogens is 508 g/mol. The SMILES string of the molecule is COCC(=O)Nc1ccc(N2C(=S)N[C@@H](c3ccccn3)[C@H]2c2cccn2-c2ccc(C)cn2)cc1Cl. The van der Waals surface area contributed by atoms with Crippen molar-refractivity contribution in [1.82, 2.24) is 19.9 Å². The van der Waals surface area contributed by atoms with Crippen LogP contribution in [0.2, 0.25) is 5.02 Å². The first kappa shape index (κ1) is 24.9. The summed E-state index contributed by atoms with van der Waals surface area (Å²) < 4.78 is 6.96. The fraction of sp³-hybridized carbons (Fsp3) is 0.185. The maximum atomic E-state index is 12.0. The number of amides is 1. The van der Waals surface area contributed by atoms with Crippen LogP contribution in [0.1, 0.15) is 29.0 Å². The van der Waals surface area contributed by atoms with Gasteiger partial charge in [-0.1, -0.05) is 23.7 Å². The first-order chi connectivity index (χ1) is 18.0. The molecule has 2 N–H and O–H groups in total. The predicted molar refractivity (Wildman–Crippen MR) is 148 cm³/mol. The van der Waals surface area contributed by atoms with Crippen LogP contribution < -0.4 is 15.5 Å². The third-order valence-electron chi connectivity index (χ3n) is 6.10. The van der Waals surface area contributed by atoms with Gasteiger partial charge in [-0.3, -0.25) is 9.78 Å². The van der Waals surface area contributed by atoms with Crippen molar-refractivity contribution in [2.24, 2.45) is 0 Å². The van der Waals surface area contributed by atoms with Crippen LogP contribution in [0.15, 0.2) is 79.3 Å². The van der Waals surface area contributed by atoms with Gasteiger partial charge in [-0.25, -0.2) is 4.98 Å². The number of benzene rings is 1. The Hall–Kier alpha value is -3.79. The van der Waals surface area contributed by atoms with Crippen LogP contribution in [-0.2, 0) is 9.53 Å². The average Bonchev–Trinajstić information content (AvgIpc) is 3.51. The van der Waals surface area contributed by atoms with Gasteiger partial charge in [0.25, 0.3) is 0 Å². The fourth-order valence-electron chi connectivity index (χ4n) is 4.45. The molecule has 1 saturated heterocycles. The van der Waals surface area contributed by atoms with Gasteiger partial charge in [-0.2, -0.15) is 0 Å². The number of methoxy groups -OCH3 is 1. The Morgan fingerprint density at radius 1 is 1.16 bits per heavy atom. The van der Waals surface area contributed by atoms with E-state index in [9.17, 15) is 4.79 Å². The van der Waals surface area contributed by atoms with E-state index in [1.165, 1.54) is 7.11 Å². The van der Waals surface area contributed by atoms with Gasteiger partial charge in [0.05, 0.1) is 22.4 Å². The molecule has 0 spiro atoms. The number of anilines is 2. The van der Waals surface area contributed by atoms with E-state index in [0.29, 0.717) is 15.8 Å². The maximum absolute atomic E-state index is 12.0. The van der Waals surface area contributed by atoms with Crippen molar-refractivity contribution < 1.29 is 9.53 Å². The molecule has 0 aliphatic carbocycles. The number of hydrogen-bond acceptors (Lipinski definition) is 5. The van der Waals surface area contributed by atoms with Gasteiger partial charge >= 0.3 is 0 Å². The summed E-state index contributed by atoms with van der Waals surface area (Å²) in [6, 6.07) is 18.9. The zero-order valence-electron chi connectivity index (χ0n) is 20.3. The monoisotopic (exact) mass is 532 g/mol. The molecule has 188 valence electrons. The summed E-state index contributed by atoms with van der Waals surface area (Å²) in [6.45, 7) is 1.95. The second-order valence-electron chi connectivity index (χ2n) is 8.64. The van der Waals surface area contributed by atoms with Crippen molar-refractivity contribution >= 4 is 46.2 Å². The number of thiocarbonyl (C=S) groups is 1. The number of aromatic nitrogens is 3. The number of aryl methyl sites for hydroxylation is 1. The third kappa shape index (κ3) is 5.06. The second kappa shape index (κ2) is 10.7. The van der Waals surface area contributed by atoms with Crippen molar-refractivity contribution in [2.75, 3.05) is 23.9 Å². The highest BCUT2D eigenvalue weighted by atomic mass is 35.5. The number of carbonyl (C=O) groups excluding carboxylic acids is 1. The quantitative estimate of drug-likeness (QED) is 0.324. The minimum atomic E-state index is -0.285. The van der Waals surface area contributed by atoms with Gasteiger partial charge in [0.1, 0.15) is 18.5 Å². The van der Waals surface area contributed by atoms with E-state index in [2.05, 4.69) is 31.2 Å². The Bertz CT molecular complexity index is 1430. The minimum absolute atomic E-state index is 0.0594. The van der Waals surface area contributed by atoms with Crippen LogP contribution in [0.3, 0.4) is 0 Å². The van der Waals surface area contributed by atoms with Crippen molar-refractivity contribution in [1.29, 1.82) is 0 Å². The lowest BCUT2D eigenvalue weighted by Crippen LogP contribution is -2.30. The Balaban J connectivity index is 1.58. The third-order valence-corrected chi connectivity index (χ3v) is 6.73.